The predicted octanol–water partition coefficient (Wildman–Crippen LogP) is 7.80. The Morgan fingerprint density at radius 1 is 0.846 bits per heavy atom. The summed E-state index contributed by atoms with van der Waals surface area (Å²) in [5.74, 6) is -7.73. The second kappa shape index (κ2) is 11.1. The molecule has 3 amide bonds. The van der Waals surface area contributed by atoms with Crippen LogP contribution in [0.15, 0.2) is 42.5 Å². The number of alkyl halides is 2. The molecule has 0 radical (unpaired) electrons. The lowest BCUT2D eigenvalue weighted by Gasteiger charge is -2.13. The number of halogens is 8. The molecule has 0 unspecified atom stereocenters. The van der Waals surface area contributed by atoms with Gasteiger partial charge >= 0.3 is 0 Å². The minimum atomic E-state index is -1.51. The van der Waals surface area contributed by atoms with Gasteiger partial charge in [-0.3, -0.25) is 14.4 Å². The third-order valence-corrected chi connectivity index (χ3v) is 7.88. The molecule has 1 aliphatic rings. The second-order valence-electron chi connectivity index (χ2n) is 8.53. The molecule has 3 aromatic carbocycles. The van der Waals surface area contributed by atoms with E-state index in [0.29, 0.717) is 10.6 Å². The summed E-state index contributed by atoms with van der Waals surface area (Å²) in [6.45, 7) is 1.11. The number of amides is 3. The fraction of sp³-hybridized carbons (Fsp3) is 0.160. The molecule has 0 saturated heterocycles. The summed E-state index contributed by atoms with van der Waals surface area (Å²) in [7, 11) is 0. The lowest BCUT2D eigenvalue weighted by Crippen LogP contribution is -2.19. The molecule has 3 aromatic rings. The van der Waals surface area contributed by atoms with Gasteiger partial charge in [-0.1, -0.05) is 40.9 Å². The van der Waals surface area contributed by atoms with Crippen LogP contribution in [0.3, 0.4) is 0 Å². The second-order valence-corrected chi connectivity index (χ2v) is 11.2. The molecule has 39 heavy (non-hydrogen) atoms. The molecule has 6 nitrogen and oxygen atoms in total. The van der Waals surface area contributed by atoms with Crippen LogP contribution in [0.4, 0.5) is 30.2 Å². The first-order valence-corrected chi connectivity index (χ1v) is 12.8. The number of nitrogens with one attached hydrogen (secondary N) is 3. The van der Waals surface area contributed by atoms with E-state index in [1.807, 2.05) is 5.32 Å². The zero-order chi connectivity index (χ0) is 28.8. The van der Waals surface area contributed by atoms with Gasteiger partial charge in [0, 0.05) is 18.5 Å². The van der Waals surface area contributed by atoms with E-state index in [1.165, 1.54) is 12.1 Å². The van der Waals surface area contributed by atoms with Crippen molar-refractivity contribution >= 4 is 92.8 Å². The fourth-order valence-corrected chi connectivity index (χ4v) is 5.28. The maximum absolute atomic E-state index is 14.7. The van der Waals surface area contributed by atoms with Gasteiger partial charge in [-0.15, -0.1) is 23.2 Å². The molecule has 14 heteroatoms. The molecule has 0 bridgehead atoms. The largest absolute Gasteiger partial charge is 0.326 e. The zero-order valence-electron chi connectivity index (χ0n) is 19.4. The molecule has 1 saturated carbocycles. The van der Waals surface area contributed by atoms with Gasteiger partial charge in [-0.2, -0.15) is 0 Å². The van der Waals surface area contributed by atoms with Crippen molar-refractivity contribution in [3.05, 3.63) is 86.1 Å². The number of hydrogen-bond donors (Lipinski definition) is 3. The Bertz CT molecular complexity index is 1540. The first-order chi connectivity index (χ1) is 18.2. The molecular weight excluding hydrogens is 625 g/mol. The minimum absolute atomic E-state index is 0.205. The van der Waals surface area contributed by atoms with E-state index in [4.69, 9.17) is 58.0 Å². The average Bonchev–Trinajstić information content (AvgIpc) is 3.44. The van der Waals surface area contributed by atoms with Crippen molar-refractivity contribution in [3.8, 4) is 0 Å². The maximum Gasteiger partial charge on any atom is 0.257 e. The van der Waals surface area contributed by atoms with Gasteiger partial charge in [0.15, 0.2) is 5.82 Å². The Kier molecular flexibility index (Phi) is 8.31. The lowest BCUT2D eigenvalue weighted by atomic mass is 10.1. The Balaban J connectivity index is 1.57. The first-order valence-electron chi connectivity index (χ1n) is 10.9. The van der Waals surface area contributed by atoms with Crippen molar-refractivity contribution in [2.45, 2.75) is 17.2 Å². The van der Waals surface area contributed by atoms with Gasteiger partial charge in [0.2, 0.25) is 11.8 Å². The number of carbonyl (C=O) groups excluding carboxylic acids is 3. The average molecular weight is 640 g/mol. The summed E-state index contributed by atoms with van der Waals surface area (Å²) < 4.78 is 42.1. The fourth-order valence-electron chi connectivity index (χ4n) is 3.95. The van der Waals surface area contributed by atoms with Crippen molar-refractivity contribution in [1.82, 2.24) is 0 Å². The van der Waals surface area contributed by atoms with Crippen molar-refractivity contribution < 1.29 is 27.6 Å². The highest BCUT2D eigenvalue weighted by molar-refractivity contribution is 6.53. The number of anilines is 3. The van der Waals surface area contributed by atoms with Crippen LogP contribution in [0.25, 0.3) is 0 Å². The highest BCUT2D eigenvalue weighted by Crippen LogP contribution is 2.65. The molecule has 3 N–H and O–H groups in total. The van der Waals surface area contributed by atoms with Crippen molar-refractivity contribution in [3.63, 3.8) is 0 Å². The summed E-state index contributed by atoms with van der Waals surface area (Å²) in [6.07, 6.45) is 0. The normalized spacial score (nSPS) is 17.4. The summed E-state index contributed by atoms with van der Waals surface area (Å²) in [4.78, 5) is 37.1. The quantitative estimate of drug-likeness (QED) is 0.241. The van der Waals surface area contributed by atoms with E-state index in [9.17, 15) is 27.6 Å². The van der Waals surface area contributed by atoms with E-state index >= 15 is 0 Å². The molecule has 0 heterocycles. The van der Waals surface area contributed by atoms with Crippen molar-refractivity contribution in [2.24, 2.45) is 5.92 Å². The summed E-state index contributed by atoms with van der Waals surface area (Å²) in [6, 6.07) is 8.27. The number of benzene rings is 3. The van der Waals surface area contributed by atoms with E-state index in [-0.39, 0.29) is 10.7 Å². The number of rotatable bonds is 6. The molecule has 0 aliphatic heterocycles. The Morgan fingerprint density at radius 2 is 1.54 bits per heavy atom. The van der Waals surface area contributed by atoms with Gasteiger partial charge < -0.3 is 16.0 Å². The van der Waals surface area contributed by atoms with Gasteiger partial charge in [0.25, 0.3) is 5.91 Å². The van der Waals surface area contributed by atoms with Crippen LogP contribution in [0.1, 0.15) is 28.8 Å². The molecule has 0 aromatic heterocycles. The highest BCUT2D eigenvalue weighted by atomic mass is 35.5. The maximum atomic E-state index is 14.7. The van der Waals surface area contributed by atoms with Crippen molar-refractivity contribution in [1.29, 1.82) is 0 Å². The highest BCUT2D eigenvalue weighted by Gasteiger charge is 2.67. The van der Waals surface area contributed by atoms with Crippen LogP contribution in [0, 0.1) is 23.4 Å². The van der Waals surface area contributed by atoms with Crippen LogP contribution in [-0.2, 0) is 9.59 Å². The van der Waals surface area contributed by atoms with E-state index < -0.39 is 73.3 Å². The standard InChI is InChI=1S/C25H15Cl5F3N3O3/c1-9(37)34-17-5-4-15(31)22(21(17)33)36-23(38)12-7-11(8-16(32)20(12)28)35-24(39)19-18(25(19,29)30)10-2-3-13(26)14(27)6-10/h2-8,18-19H,1H3,(H,34,37)(H,35,39)(H,36,38)/t18-,19+/m0/s1. The number of carbonyl (C=O) groups is 3. The van der Waals surface area contributed by atoms with Crippen molar-refractivity contribution in [2.75, 3.05) is 16.0 Å². The lowest BCUT2D eigenvalue weighted by molar-refractivity contribution is -0.117. The molecular formula is C25H15Cl5F3N3O3. The molecule has 204 valence electrons. The van der Waals surface area contributed by atoms with Gasteiger partial charge in [-0.05, 0) is 42.0 Å². The Hall–Kier alpha value is -2.69. The molecule has 4 rings (SSSR count). The molecule has 1 fully saturated rings. The van der Waals surface area contributed by atoms with E-state index in [1.54, 1.807) is 6.07 Å². The Morgan fingerprint density at radius 3 is 2.18 bits per heavy atom. The van der Waals surface area contributed by atoms with E-state index in [0.717, 1.165) is 31.2 Å². The molecule has 0 spiro atoms. The smallest absolute Gasteiger partial charge is 0.257 e. The van der Waals surface area contributed by atoms with E-state index in [2.05, 4.69) is 10.6 Å². The van der Waals surface area contributed by atoms with Crippen LogP contribution in [-0.4, -0.2) is 22.1 Å². The van der Waals surface area contributed by atoms with Crippen LogP contribution < -0.4 is 16.0 Å². The SMILES string of the molecule is CC(=O)Nc1ccc(F)c(NC(=O)c2cc(NC(=O)[C@H]3[C@H](c4ccc(Cl)c(Cl)c4)C3(Cl)Cl)cc(F)c2Cl)c1F. The van der Waals surface area contributed by atoms with Crippen LogP contribution in [0.2, 0.25) is 15.1 Å². The van der Waals surface area contributed by atoms with Gasteiger partial charge in [0.05, 0.1) is 32.2 Å². The summed E-state index contributed by atoms with van der Waals surface area (Å²) in [5, 5.41) is 6.40. The number of hydrogen-bond acceptors (Lipinski definition) is 3. The van der Waals surface area contributed by atoms with Gasteiger partial charge in [0.1, 0.15) is 21.7 Å². The Labute approximate surface area is 244 Å². The summed E-state index contributed by atoms with van der Waals surface area (Å²) >= 11 is 30.6. The first kappa shape index (κ1) is 29.3. The predicted molar refractivity (Wildman–Crippen MR) is 146 cm³/mol. The molecule has 1 aliphatic carbocycles. The monoisotopic (exact) mass is 637 g/mol. The summed E-state index contributed by atoms with van der Waals surface area (Å²) in [5.41, 5.74) is -1.51. The zero-order valence-corrected chi connectivity index (χ0v) is 23.2. The minimum Gasteiger partial charge on any atom is -0.326 e. The topological polar surface area (TPSA) is 87.3 Å². The van der Waals surface area contributed by atoms with Gasteiger partial charge in [-0.25, -0.2) is 13.2 Å². The third kappa shape index (κ3) is 5.93. The molecule has 2 atom stereocenters. The van der Waals surface area contributed by atoms with Crippen LogP contribution >= 0.6 is 58.0 Å². The van der Waals surface area contributed by atoms with Crippen LogP contribution in [0.5, 0.6) is 0 Å². The third-order valence-electron chi connectivity index (χ3n) is 5.82.